The minimum Gasteiger partial charge on any atom is -0.508 e. The number of aryl methyl sites for hydroxylation is 1. The highest BCUT2D eigenvalue weighted by atomic mass is 16.3. The zero-order valence-electron chi connectivity index (χ0n) is 8.44. The number of phenolic OH excluding ortho intramolecular Hbond substituents is 2. The zero-order chi connectivity index (χ0) is 10.8. The molecule has 2 rings (SSSR count). The molecule has 0 aromatic heterocycles. The van der Waals surface area contributed by atoms with Crippen molar-refractivity contribution in [3.63, 3.8) is 0 Å². The summed E-state index contributed by atoms with van der Waals surface area (Å²) in [6, 6.07) is 12.2. The number of hydrogen-bond acceptors (Lipinski definition) is 2. The first kappa shape index (κ1) is 9.59. The molecule has 0 heterocycles. The average Bonchev–Trinajstić information content (AvgIpc) is 2.22. The Hall–Kier alpha value is -1.96. The van der Waals surface area contributed by atoms with Gasteiger partial charge in [-0.1, -0.05) is 18.2 Å². The molecular formula is C13H12O2. The molecule has 0 saturated heterocycles. The van der Waals surface area contributed by atoms with Gasteiger partial charge >= 0.3 is 0 Å². The SMILES string of the molecule is Cc1ccc(O)cc1-c1cccc(O)c1. The highest BCUT2D eigenvalue weighted by molar-refractivity contribution is 5.69. The summed E-state index contributed by atoms with van der Waals surface area (Å²) >= 11 is 0. The maximum absolute atomic E-state index is 9.41. The predicted octanol–water partition coefficient (Wildman–Crippen LogP) is 3.07. The molecular weight excluding hydrogens is 188 g/mol. The second-order valence-corrected chi connectivity index (χ2v) is 3.55. The van der Waals surface area contributed by atoms with Gasteiger partial charge in [0.25, 0.3) is 0 Å². The fraction of sp³-hybridized carbons (Fsp3) is 0.0769. The minimum absolute atomic E-state index is 0.232. The van der Waals surface area contributed by atoms with E-state index in [4.69, 9.17) is 0 Å². The maximum Gasteiger partial charge on any atom is 0.116 e. The lowest BCUT2D eigenvalue weighted by molar-refractivity contribution is 0.474. The van der Waals surface area contributed by atoms with Crippen LogP contribution in [0, 0.1) is 6.92 Å². The summed E-state index contributed by atoms with van der Waals surface area (Å²) in [4.78, 5) is 0. The fourth-order valence-corrected chi connectivity index (χ4v) is 1.59. The van der Waals surface area contributed by atoms with Crippen LogP contribution in [0.3, 0.4) is 0 Å². The summed E-state index contributed by atoms with van der Waals surface area (Å²) < 4.78 is 0. The molecule has 0 unspecified atom stereocenters. The first-order valence-electron chi connectivity index (χ1n) is 4.76. The zero-order valence-corrected chi connectivity index (χ0v) is 8.44. The number of aromatic hydroxyl groups is 2. The summed E-state index contributed by atoms with van der Waals surface area (Å²) in [5.41, 5.74) is 2.91. The van der Waals surface area contributed by atoms with Gasteiger partial charge in [-0.3, -0.25) is 0 Å². The molecule has 0 amide bonds. The highest BCUT2D eigenvalue weighted by Crippen LogP contribution is 2.28. The molecule has 0 fully saturated rings. The van der Waals surface area contributed by atoms with E-state index in [-0.39, 0.29) is 11.5 Å². The Balaban J connectivity index is 2.58. The molecule has 76 valence electrons. The molecule has 0 aliphatic heterocycles. The van der Waals surface area contributed by atoms with Crippen LogP contribution < -0.4 is 0 Å². The van der Waals surface area contributed by atoms with E-state index < -0.39 is 0 Å². The number of benzene rings is 2. The molecule has 2 aromatic rings. The van der Waals surface area contributed by atoms with Crippen LogP contribution in [0.1, 0.15) is 5.56 Å². The maximum atomic E-state index is 9.41. The van der Waals surface area contributed by atoms with Crippen molar-refractivity contribution in [1.82, 2.24) is 0 Å². The molecule has 2 aromatic carbocycles. The standard InChI is InChI=1S/C13H12O2/c1-9-5-6-12(15)8-13(9)10-3-2-4-11(14)7-10/h2-8,14-15H,1H3. The first-order valence-corrected chi connectivity index (χ1v) is 4.76. The van der Waals surface area contributed by atoms with E-state index in [9.17, 15) is 10.2 Å². The molecule has 2 nitrogen and oxygen atoms in total. The number of rotatable bonds is 1. The largest absolute Gasteiger partial charge is 0.508 e. The van der Waals surface area contributed by atoms with E-state index in [2.05, 4.69) is 0 Å². The van der Waals surface area contributed by atoms with Crippen molar-refractivity contribution in [3.8, 4) is 22.6 Å². The van der Waals surface area contributed by atoms with Gasteiger partial charge in [-0.15, -0.1) is 0 Å². The Labute approximate surface area is 88.4 Å². The second-order valence-electron chi connectivity index (χ2n) is 3.55. The van der Waals surface area contributed by atoms with Crippen molar-refractivity contribution < 1.29 is 10.2 Å². The van der Waals surface area contributed by atoms with E-state index in [0.29, 0.717) is 0 Å². The average molecular weight is 200 g/mol. The van der Waals surface area contributed by atoms with Crippen LogP contribution in [-0.4, -0.2) is 10.2 Å². The van der Waals surface area contributed by atoms with Crippen LogP contribution in [0.15, 0.2) is 42.5 Å². The molecule has 0 aliphatic carbocycles. The predicted molar refractivity (Wildman–Crippen MR) is 59.9 cm³/mol. The van der Waals surface area contributed by atoms with Gasteiger partial charge in [-0.25, -0.2) is 0 Å². The Morgan fingerprint density at radius 2 is 1.60 bits per heavy atom. The molecule has 0 atom stereocenters. The molecule has 0 spiro atoms. The Morgan fingerprint density at radius 3 is 2.33 bits per heavy atom. The summed E-state index contributed by atoms with van der Waals surface area (Å²) in [5, 5.41) is 18.8. The van der Waals surface area contributed by atoms with Crippen LogP contribution in [0.2, 0.25) is 0 Å². The Morgan fingerprint density at radius 1 is 0.867 bits per heavy atom. The second kappa shape index (κ2) is 3.65. The van der Waals surface area contributed by atoms with Gasteiger partial charge in [-0.05, 0) is 47.9 Å². The third-order valence-corrected chi connectivity index (χ3v) is 2.38. The van der Waals surface area contributed by atoms with Crippen molar-refractivity contribution in [3.05, 3.63) is 48.0 Å². The van der Waals surface area contributed by atoms with Crippen LogP contribution in [-0.2, 0) is 0 Å². The Bertz CT molecular complexity index is 490. The highest BCUT2D eigenvalue weighted by Gasteiger charge is 2.03. The quantitative estimate of drug-likeness (QED) is 0.742. The summed E-state index contributed by atoms with van der Waals surface area (Å²) in [6.07, 6.45) is 0. The molecule has 15 heavy (non-hydrogen) atoms. The van der Waals surface area contributed by atoms with Gasteiger partial charge in [0.15, 0.2) is 0 Å². The molecule has 0 radical (unpaired) electrons. The molecule has 0 saturated carbocycles. The lowest BCUT2D eigenvalue weighted by Crippen LogP contribution is -1.82. The lowest BCUT2D eigenvalue weighted by atomic mass is 10.0. The molecule has 2 N–H and O–H groups in total. The van der Waals surface area contributed by atoms with Crippen LogP contribution in [0.25, 0.3) is 11.1 Å². The summed E-state index contributed by atoms with van der Waals surface area (Å²) in [7, 11) is 0. The van der Waals surface area contributed by atoms with Crippen LogP contribution in [0.4, 0.5) is 0 Å². The Kier molecular flexibility index (Phi) is 2.34. The smallest absolute Gasteiger partial charge is 0.116 e. The van der Waals surface area contributed by atoms with E-state index in [1.54, 1.807) is 30.3 Å². The van der Waals surface area contributed by atoms with Crippen LogP contribution in [0.5, 0.6) is 11.5 Å². The summed E-state index contributed by atoms with van der Waals surface area (Å²) in [6.45, 7) is 1.97. The van der Waals surface area contributed by atoms with Gasteiger partial charge in [0.05, 0.1) is 0 Å². The van der Waals surface area contributed by atoms with Crippen molar-refractivity contribution in [2.45, 2.75) is 6.92 Å². The van der Waals surface area contributed by atoms with Crippen LogP contribution >= 0.6 is 0 Å². The van der Waals surface area contributed by atoms with Gasteiger partial charge in [0.1, 0.15) is 11.5 Å². The molecule has 0 aliphatic rings. The number of hydrogen-bond donors (Lipinski definition) is 2. The first-order chi connectivity index (χ1) is 7.16. The van der Waals surface area contributed by atoms with E-state index >= 15 is 0 Å². The van der Waals surface area contributed by atoms with E-state index in [1.807, 2.05) is 19.1 Å². The van der Waals surface area contributed by atoms with Crippen molar-refractivity contribution in [1.29, 1.82) is 0 Å². The van der Waals surface area contributed by atoms with Crippen molar-refractivity contribution >= 4 is 0 Å². The summed E-state index contributed by atoms with van der Waals surface area (Å²) in [5.74, 6) is 0.467. The number of phenols is 2. The van der Waals surface area contributed by atoms with E-state index in [1.165, 1.54) is 0 Å². The van der Waals surface area contributed by atoms with Gasteiger partial charge in [0, 0.05) is 0 Å². The normalized spacial score (nSPS) is 10.2. The van der Waals surface area contributed by atoms with E-state index in [0.717, 1.165) is 16.7 Å². The molecule has 2 heteroatoms. The third-order valence-electron chi connectivity index (χ3n) is 2.38. The van der Waals surface area contributed by atoms with Gasteiger partial charge in [-0.2, -0.15) is 0 Å². The van der Waals surface area contributed by atoms with Crippen molar-refractivity contribution in [2.75, 3.05) is 0 Å². The topological polar surface area (TPSA) is 40.5 Å². The molecule has 0 bridgehead atoms. The van der Waals surface area contributed by atoms with Gasteiger partial charge in [0.2, 0.25) is 0 Å². The fourth-order valence-electron chi connectivity index (χ4n) is 1.59. The van der Waals surface area contributed by atoms with Gasteiger partial charge < -0.3 is 10.2 Å². The minimum atomic E-state index is 0.232. The monoisotopic (exact) mass is 200 g/mol. The van der Waals surface area contributed by atoms with Crippen molar-refractivity contribution in [2.24, 2.45) is 0 Å². The lowest BCUT2D eigenvalue weighted by Gasteiger charge is -2.06. The third kappa shape index (κ3) is 1.94.